The molecule has 0 radical (unpaired) electrons. The molecule has 1 aliphatic heterocycles. The van der Waals surface area contributed by atoms with Crippen LogP contribution in [0.4, 0.5) is 0 Å². The topological polar surface area (TPSA) is 55.6 Å². The highest BCUT2D eigenvalue weighted by atomic mass is 35.5. The molecule has 0 saturated carbocycles. The first-order valence-electron chi connectivity index (χ1n) is 7.58. The van der Waals surface area contributed by atoms with Gasteiger partial charge in [-0.3, -0.25) is 4.79 Å². The van der Waals surface area contributed by atoms with Gasteiger partial charge < -0.3 is 15.4 Å². The van der Waals surface area contributed by atoms with Crippen molar-refractivity contribution < 1.29 is 9.53 Å². The van der Waals surface area contributed by atoms with Gasteiger partial charge in [0, 0.05) is 18.6 Å². The minimum absolute atomic E-state index is 0.0498. The predicted molar refractivity (Wildman–Crippen MR) is 89.6 cm³/mol. The molecule has 1 heterocycles. The number of rotatable bonds is 4. The molecule has 0 spiro atoms. The maximum atomic E-state index is 12.7. The molecule has 122 valence electrons. The van der Waals surface area contributed by atoms with Crippen LogP contribution in [0, 0.1) is 0 Å². The number of likely N-dealkylation sites (tertiary alicyclic amines) is 1. The Morgan fingerprint density at radius 1 is 1.36 bits per heavy atom. The summed E-state index contributed by atoms with van der Waals surface area (Å²) in [7, 11) is 0. The Balaban J connectivity index is 2.09. The lowest BCUT2D eigenvalue weighted by Gasteiger charge is -2.39. The van der Waals surface area contributed by atoms with E-state index in [4.69, 9.17) is 33.7 Å². The van der Waals surface area contributed by atoms with Gasteiger partial charge in [-0.25, -0.2) is 0 Å². The van der Waals surface area contributed by atoms with Crippen LogP contribution < -0.4 is 10.5 Å². The summed E-state index contributed by atoms with van der Waals surface area (Å²) in [5.41, 5.74) is 6.02. The summed E-state index contributed by atoms with van der Waals surface area (Å²) in [5, 5.41) is 0.733. The average molecular weight is 345 g/mol. The van der Waals surface area contributed by atoms with Crippen LogP contribution in [0.15, 0.2) is 18.2 Å². The van der Waals surface area contributed by atoms with Crippen molar-refractivity contribution in [1.82, 2.24) is 4.90 Å². The second kappa shape index (κ2) is 7.53. The standard InChI is InChI=1S/C16H22Cl2N2O2/c1-10(19)13-7-3-4-9-20(13)16(21)11(2)22-14-8-5-6-12(17)15(14)18/h5-6,8,10-11,13H,3-4,7,9,19H2,1-2H3. The highest BCUT2D eigenvalue weighted by molar-refractivity contribution is 6.42. The van der Waals surface area contributed by atoms with E-state index in [0.717, 1.165) is 25.8 Å². The van der Waals surface area contributed by atoms with Gasteiger partial charge in [0.15, 0.2) is 6.10 Å². The Labute approximate surface area is 141 Å². The van der Waals surface area contributed by atoms with E-state index in [2.05, 4.69) is 0 Å². The maximum Gasteiger partial charge on any atom is 0.263 e. The van der Waals surface area contributed by atoms with Gasteiger partial charge >= 0.3 is 0 Å². The van der Waals surface area contributed by atoms with Gasteiger partial charge in [0.2, 0.25) is 0 Å². The zero-order valence-corrected chi connectivity index (χ0v) is 14.4. The van der Waals surface area contributed by atoms with E-state index < -0.39 is 6.10 Å². The number of hydrogen-bond donors (Lipinski definition) is 1. The lowest BCUT2D eigenvalue weighted by atomic mass is 9.96. The van der Waals surface area contributed by atoms with E-state index in [9.17, 15) is 4.79 Å². The molecule has 0 aliphatic carbocycles. The van der Waals surface area contributed by atoms with Crippen molar-refractivity contribution in [1.29, 1.82) is 0 Å². The number of benzene rings is 1. The number of carbonyl (C=O) groups excluding carboxylic acids is 1. The third-order valence-corrected chi connectivity index (χ3v) is 4.81. The van der Waals surface area contributed by atoms with Gasteiger partial charge in [-0.2, -0.15) is 0 Å². The van der Waals surface area contributed by atoms with Crippen molar-refractivity contribution in [2.45, 2.75) is 51.3 Å². The SMILES string of the molecule is CC(Oc1cccc(Cl)c1Cl)C(=O)N1CCCCC1C(C)N. The first-order valence-corrected chi connectivity index (χ1v) is 8.34. The summed E-state index contributed by atoms with van der Waals surface area (Å²) in [5.74, 6) is 0.363. The van der Waals surface area contributed by atoms with E-state index in [-0.39, 0.29) is 18.0 Å². The van der Waals surface area contributed by atoms with Crippen LogP contribution >= 0.6 is 23.2 Å². The summed E-state index contributed by atoms with van der Waals surface area (Å²) in [6.45, 7) is 4.39. The lowest BCUT2D eigenvalue weighted by Crippen LogP contribution is -2.54. The average Bonchev–Trinajstić information content (AvgIpc) is 2.51. The van der Waals surface area contributed by atoms with Gasteiger partial charge in [0.25, 0.3) is 5.91 Å². The Hall–Kier alpha value is -0.970. The van der Waals surface area contributed by atoms with Gasteiger partial charge in [-0.15, -0.1) is 0 Å². The number of hydrogen-bond acceptors (Lipinski definition) is 3. The summed E-state index contributed by atoms with van der Waals surface area (Å²) in [6.07, 6.45) is 2.41. The highest BCUT2D eigenvalue weighted by Gasteiger charge is 2.32. The van der Waals surface area contributed by atoms with Gasteiger partial charge in [0.05, 0.1) is 5.02 Å². The van der Waals surface area contributed by atoms with E-state index in [1.807, 2.05) is 11.8 Å². The number of nitrogens with two attached hydrogens (primary N) is 1. The van der Waals surface area contributed by atoms with Gasteiger partial charge in [0.1, 0.15) is 10.8 Å². The lowest BCUT2D eigenvalue weighted by molar-refractivity contribution is -0.142. The van der Waals surface area contributed by atoms with E-state index >= 15 is 0 Å². The molecule has 22 heavy (non-hydrogen) atoms. The Morgan fingerprint density at radius 2 is 2.09 bits per heavy atom. The first kappa shape index (κ1) is 17.4. The molecule has 3 atom stereocenters. The van der Waals surface area contributed by atoms with E-state index in [1.165, 1.54) is 0 Å². The fourth-order valence-electron chi connectivity index (χ4n) is 2.83. The molecule has 1 fully saturated rings. The predicted octanol–water partition coefficient (Wildman–Crippen LogP) is 3.49. The number of carbonyl (C=O) groups is 1. The summed E-state index contributed by atoms with van der Waals surface area (Å²) in [6, 6.07) is 5.15. The quantitative estimate of drug-likeness (QED) is 0.909. The van der Waals surface area contributed by atoms with Gasteiger partial charge in [-0.1, -0.05) is 29.3 Å². The minimum Gasteiger partial charge on any atom is -0.479 e. The third-order valence-electron chi connectivity index (χ3n) is 4.01. The molecule has 6 heteroatoms. The molecule has 4 nitrogen and oxygen atoms in total. The van der Waals surface area contributed by atoms with Gasteiger partial charge in [-0.05, 0) is 45.2 Å². The monoisotopic (exact) mass is 344 g/mol. The highest BCUT2D eigenvalue weighted by Crippen LogP contribution is 2.32. The second-order valence-electron chi connectivity index (χ2n) is 5.77. The smallest absolute Gasteiger partial charge is 0.263 e. The van der Waals surface area contributed by atoms with Crippen molar-refractivity contribution in [2.75, 3.05) is 6.54 Å². The number of halogens is 2. The van der Waals surface area contributed by atoms with Crippen LogP contribution in [0.1, 0.15) is 33.1 Å². The normalized spacial score (nSPS) is 21.3. The molecule has 0 bridgehead atoms. The number of piperidine rings is 1. The molecule has 1 aliphatic rings. The fraction of sp³-hybridized carbons (Fsp3) is 0.562. The van der Waals surface area contributed by atoms with Crippen LogP contribution in [-0.4, -0.2) is 35.5 Å². The minimum atomic E-state index is -0.629. The number of nitrogens with zero attached hydrogens (tertiary/aromatic N) is 1. The Kier molecular flexibility index (Phi) is 5.95. The summed E-state index contributed by atoms with van der Waals surface area (Å²) in [4.78, 5) is 14.5. The van der Waals surface area contributed by atoms with Crippen molar-refractivity contribution >= 4 is 29.1 Å². The molecule has 0 aromatic heterocycles. The molecule has 3 unspecified atom stereocenters. The Bertz CT molecular complexity index is 537. The summed E-state index contributed by atoms with van der Waals surface area (Å²) >= 11 is 12.1. The molecule has 1 saturated heterocycles. The second-order valence-corrected chi connectivity index (χ2v) is 6.55. The van der Waals surface area contributed by atoms with Crippen molar-refractivity contribution in [3.05, 3.63) is 28.2 Å². The van der Waals surface area contributed by atoms with E-state index in [0.29, 0.717) is 15.8 Å². The molecule has 1 aromatic rings. The molecule has 2 rings (SSSR count). The molecular formula is C16H22Cl2N2O2. The molecule has 1 aromatic carbocycles. The number of ether oxygens (including phenoxy) is 1. The molecule has 2 N–H and O–H groups in total. The van der Waals surface area contributed by atoms with Crippen LogP contribution in [0.25, 0.3) is 0 Å². The van der Waals surface area contributed by atoms with Crippen LogP contribution in [0.2, 0.25) is 10.0 Å². The zero-order chi connectivity index (χ0) is 16.3. The fourth-order valence-corrected chi connectivity index (χ4v) is 3.16. The van der Waals surface area contributed by atoms with Crippen molar-refractivity contribution in [3.63, 3.8) is 0 Å². The van der Waals surface area contributed by atoms with Crippen LogP contribution in [0.3, 0.4) is 0 Å². The molecular weight excluding hydrogens is 323 g/mol. The summed E-state index contributed by atoms with van der Waals surface area (Å²) < 4.78 is 5.72. The van der Waals surface area contributed by atoms with Crippen molar-refractivity contribution in [3.8, 4) is 5.75 Å². The third kappa shape index (κ3) is 3.86. The maximum absolute atomic E-state index is 12.7. The van der Waals surface area contributed by atoms with E-state index in [1.54, 1.807) is 25.1 Å². The number of amides is 1. The molecule has 1 amide bonds. The largest absolute Gasteiger partial charge is 0.479 e. The van der Waals surface area contributed by atoms with Crippen molar-refractivity contribution in [2.24, 2.45) is 5.73 Å². The Morgan fingerprint density at radius 3 is 2.77 bits per heavy atom. The van der Waals surface area contributed by atoms with Crippen LogP contribution in [-0.2, 0) is 4.79 Å². The first-order chi connectivity index (χ1) is 10.4. The zero-order valence-electron chi connectivity index (χ0n) is 12.9. The van der Waals surface area contributed by atoms with Crippen LogP contribution in [0.5, 0.6) is 5.75 Å².